The highest BCUT2D eigenvalue weighted by atomic mass is 79.9. The van der Waals surface area contributed by atoms with Gasteiger partial charge in [-0.1, -0.05) is 42.6 Å². The summed E-state index contributed by atoms with van der Waals surface area (Å²) in [6, 6.07) is 0. The smallest absolute Gasteiger partial charge is 0.0100 e. The van der Waals surface area contributed by atoms with Gasteiger partial charge in [-0.15, -0.1) is 0 Å². The van der Waals surface area contributed by atoms with Gasteiger partial charge in [-0.05, 0) is 49.6 Å². The lowest BCUT2D eigenvalue weighted by molar-refractivity contribution is 0.0839. The Labute approximate surface area is 109 Å². The lowest BCUT2D eigenvalue weighted by Gasteiger charge is -2.42. The zero-order valence-corrected chi connectivity index (χ0v) is 12.5. The molecule has 2 aliphatic rings. The first-order valence-electron chi connectivity index (χ1n) is 6.96. The van der Waals surface area contributed by atoms with E-state index in [1.807, 2.05) is 0 Å². The number of likely N-dealkylation sites (tertiary alicyclic amines) is 1. The quantitative estimate of drug-likeness (QED) is 0.689. The molecule has 0 bridgehead atoms. The van der Waals surface area contributed by atoms with Crippen LogP contribution < -0.4 is 0 Å². The van der Waals surface area contributed by atoms with Crippen LogP contribution >= 0.6 is 15.9 Å². The van der Waals surface area contributed by atoms with E-state index in [1.165, 1.54) is 63.5 Å². The van der Waals surface area contributed by atoms with Crippen LogP contribution in [-0.2, 0) is 0 Å². The highest BCUT2D eigenvalue weighted by Crippen LogP contribution is 2.48. The van der Waals surface area contributed by atoms with E-state index in [1.54, 1.807) is 0 Å². The number of hydrogen-bond donors (Lipinski definition) is 0. The highest BCUT2D eigenvalue weighted by molar-refractivity contribution is 9.09. The summed E-state index contributed by atoms with van der Waals surface area (Å²) in [4.78, 5) is 2.72. The van der Waals surface area contributed by atoms with E-state index in [9.17, 15) is 0 Å². The predicted octanol–water partition coefficient (Wildman–Crippen LogP) is 4.06. The van der Waals surface area contributed by atoms with Gasteiger partial charge in [-0.3, -0.25) is 0 Å². The molecule has 0 radical (unpaired) electrons. The molecule has 1 heterocycles. The SMILES string of the molecule is CCC1(CC)CCN(CC2(CBr)CC2)CC1. The maximum atomic E-state index is 3.68. The van der Waals surface area contributed by atoms with E-state index in [-0.39, 0.29) is 0 Å². The number of hydrogen-bond acceptors (Lipinski definition) is 1. The van der Waals surface area contributed by atoms with E-state index < -0.39 is 0 Å². The summed E-state index contributed by atoms with van der Waals surface area (Å²) in [5, 5.41) is 1.21. The fourth-order valence-corrected chi connectivity index (χ4v) is 3.87. The molecule has 0 spiro atoms. The van der Waals surface area contributed by atoms with E-state index in [2.05, 4.69) is 34.7 Å². The van der Waals surface area contributed by atoms with E-state index in [0.29, 0.717) is 10.8 Å². The summed E-state index contributed by atoms with van der Waals surface area (Å²) < 4.78 is 0. The first kappa shape index (κ1) is 12.9. The minimum atomic E-state index is 0.665. The van der Waals surface area contributed by atoms with Gasteiger partial charge in [0.2, 0.25) is 0 Å². The minimum Gasteiger partial charge on any atom is -0.303 e. The Morgan fingerprint density at radius 3 is 1.88 bits per heavy atom. The Kier molecular flexibility index (Phi) is 4.01. The molecule has 0 amide bonds. The molecular formula is C14H26BrN. The van der Waals surface area contributed by atoms with Crippen molar-refractivity contribution in [2.75, 3.05) is 25.0 Å². The van der Waals surface area contributed by atoms with Crippen LogP contribution in [-0.4, -0.2) is 29.9 Å². The van der Waals surface area contributed by atoms with Crippen molar-refractivity contribution in [2.24, 2.45) is 10.8 Å². The third-order valence-corrected chi connectivity index (χ3v) is 6.41. The molecule has 0 aromatic heterocycles. The van der Waals surface area contributed by atoms with Gasteiger partial charge >= 0.3 is 0 Å². The zero-order chi connectivity index (χ0) is 11.6. The monoisotopic (exact) mass is 287 g/mol. The Bertz CT molecular complexity index is 221. The van der Waals surface area contributed by atoms with E-state index in [4.69, 9.17) is 0 Å². The van der Waals surface area contributed by atoms with Crippen LogP contribution in [0.2, 0.25) is 0 Å². The molecule has 94 valence electrons. The second kappa shape index (κ2) is 4.97. The molecule has 2 heteroatoms. The average Bonchev–Trinajstić information content (AvgIpc) is 3.11. The van der Waals surface area contributed by atoms with E-state index in [0.717, 1.165) is 0 Å². The van der Waals surface area contributed by atoms with Crippen LogP contribution in [0.3, 0.4) is 0 Å². The van der Waals surface area contributed by atoms with Crippen molar-refractivity contribution >= 4 is 15.9 Å². The fraction of sp³-hybridized carbons (Fsp3) is 1.00. The third-order valence-electron chi connectivity index (χ3n) is 5.22. The molecule has 16 heavy (non-hydrogen) atoms. The zero-order valence-electron chi connectivity index (χ0n) is 10.9. The molecule has 1 aliphatic heterocycles. The van der Waals surface area contributed by atoms with Crippen molar-refractivity contribution in [3.63, 3.8) is 0 Å². The Balaban J connectivity index is 1.81. The van der Waals surface area contributed by atoms with Gasteiger partial charge in [-0.25, -0.2) is 0 Å². The summed E-state index contributed by atoms with van der Waals surface area (Å²) in [6.07, 6.45) is 8.50. The van der Waals surface area contributed by atoms with Crippen molar-refractivity contribution in [1.82, 2.24) is 4.90 Å². The van der Waals surface area contributed by atoms with Gasteiger partial charge in [-0.2, -0.15) is 0 Å². The van der Waals surface area contributed by atoms with Crippen LogP contribution in [0.1, 0.15) is 52.4 Å². The molecule has 2 fully saturated rings. The molecule has 0 aromatic carbocycles. The van der Waals surface area contributed by atoms with Crippen molar-refractivity contribution in [3.8, 4) is 0 Å². The lowest BCUT2D eigenvalue weighted by Crippen LogP contribution is -2.42. The Morgan fingerprint density at radius 2 is 1.50 bits per heavy atom. The third kappa shape index (κ3) is 2.64. The summed E-state index contributed by atoms with van der Waals surface area (Å²) in [5.41, 5.74) is 1.35. The molecule has 1 aliphatic carbocycles. The van der Waals surface area contributed by atoms with Gasteiger partial charge < -0.3 is 4.90 Å². The molecule has 0 aromatic rings. The molecule has 1 saturated heterocycles. The summed E-state index contributed by atoms with van der Waals surface area (Å²) in [7, 11) is 0. The number of nitrogens with zero attached hydrogens (tertiary/aromatic N) is 1. The van der Waals surface area contributed by atoms with Crippen LogP contribution in [0, 0.1) is 10.8 Å². The number of alkyl halides is 1. The lowest BCUT2D eigenvalue weighted by atomic mass is 9.74. The molecule has 1 nitrogen and oxygen atoms in total. The first-order valence-corrected chi connectivity index (χ1v) is 8.08. The number of piperidine rings is 1. The van der Waals surface area contributed by atoms with Crippen molar-refractivity contribution in [1.29, 1.82) is 0 Å². The van der Waals surface area contributed by atoms with Crippen molar-refractivity contribution < 1.29 is 0 Å². The number of halogens is 1. The van der Waals surface area contributed by atoms with Crippen LogP contribution in [0.5, 0.6) is 0 Å². The maximum absolute atomic E-state index is 3.68. The van der Waals surface area contributed by atoms with Crippen LogP contribution in [0.25, 0.3) is 0 Å². The first-order chi connectivity index (χ1) is 7.67. The Morgan fingerprint density at radius 1 is 0.938 bits per heavy atom. The minimum absolute atomic E-state index is 0.665. The standard InChI is InChI=1S/C14H26BrN/c1-3-13(4-2)7-9-16(10-8-13)12-14(11-15)5-6-14/h3-12H2,1-2H3. The van der Waals surface area contributed by atoms with Gasteiger partial charge in [0.1, 0.15) is 0 Å². The molecule has 0 unspecified atom stereocenters. The number of rotatable bonds is 5. The molecule has 0 atom stereocenters. The second-order valence-electron chi connectivity index (χ2n) is 6.12. The molecule has 0 N–H and O–H groups in total. The van der Waals surface area contributed by atoms with Crippen molar-refractivity contribution in [3.05, 3.63) is 0 Å². The van der Waals surface area contributed by atoms with Crippen molar-refractivity contribution in [2.45, 2.75) is 52.4 Å². The summed E-state index contributed by atoms with van der Waals surface area (Å²) >= 11 is 3.68. The average molecular weight is 288 g/mol. The topological polar surface area (TPSA) is 3.24 Å². The van der Waals surface area contributed by atoms with Gasteiger partial charge in [0.05, 0.1) is 0 Å². The second-order valence-corrected chi connectivity index (χ2v) is 6.68. The largest absolute Gasteiger partial charge is 0.303 e. The normalized spacial score (nSPS) is 27.9. The fourth-order valence-electron chi connectivity index (χ4n) is 3.13. The molecule has 2 rings (SSSR count). The molecular weight excluding hydrogens is 262 g/mol. The Hall–Kier alpha value is 0.440. The van der Waals surface area contributed by atoms with E-state index >= 15 is 0 Å². The summed E-state index contributed by atoms with van der Waals surface area (Å²) in [6.45, 7) is 8.79. The van der Waals surface area contributed by atoms with Gasteiger partial charge in [0.15, 0.2) is 0 Å². The van der Waals surface area contributed by atoms with Crippen LogP contribution in [0.15, 0.2) is 0 Å². The highest BCUT2D eigenvalue weighted by Gasteiger charge is 2.43. The predicted molar refractivity (Wildman–Crippen MR) is 74.2 cm³/mol. The summed E-state index contributed by atoms with van der Waals surface area (Å²) in [5.74, 6) is 0. The molecule has 1 saturated carbocycles. The van der Waals surface area contributed by atoms with Gasteiger partial charge in [0, 0.05) is 11.9 Å². The maximum Gasteiger partial charge on any atom is 0.0100 e. The van der Waals surface area contributed by atoms with Gasteiger partial charge in [0.25, 0.3) is 0 Å². The van der Waals surface area contributed by atoms with Crippen LogP contribution in [0.4, 0.5) is 0 Å².